The Hall–Kier alpha value is 0.200. The fourth-order valence-corrected chi connectivity index (χ4v) is 3.10. The first-order valence-corrected chi connectivity index (χ1v) is 6.96. The Morgan fingerprint density at radius 3 is 2.38 bits per heavy atom. The third-order valence-corrected chi connectivity index (χ3v) is 3.70. The van der Waals surface area contributed by atoms with Gasteiger partial charge in [-0.25, -0.2) is 8.42 Å². The summed E-state index contributed by atoms with van der Waals surface area (Å²) < 4.78 is 26.8. The van der Waals surface area contributed by atoms with Gasteiger partial charge in [0.2, 0.25) is 9.05 Å². The average molecular weight is 227 g/mol. The molecule has 78 valence electrons. The van der Waals surface area contributed by atoms with E-state index in [1.54, 1.807) is 7.11 Å². The van der Waals surface area contributed by atoms with Gasteiger partial charge in [0.15, 0.2) is 0 Å². The summed E-state index contributed by atoms with van der Waals surface area (Å²) in [7, 11) is 3.30. The van der Waals surface area contributed by atoms with Crippen molar-refractivity contribution in [2.24, 2.45) is 5.92 Å². The van der Waals surface area contributed by atoms with Gasteiger partial charge >= 0.3 is 0 Å². The van der Waals surface area contributed by atoms with E-state index in [1.807, 2.05) is 0 Å². The molecule has 0 amide bonds. The maximum absolute atomic E-state index is 10.8. The molecule has 1 aliphatic rings. The molecule has 1 fully saturated rings. The maximum Gasteiger partial charge on any atom is 0.235 e. The highest BCUT2D eigenvalue weighted by Gasteiger charge is 2.28. The molecule has 0 aromatic carbocycles. The lowest BCUT2D eigenvalue weighted by Crippen LogP contribution is -2.27. The van der Waals surface area contributed by atoms with Gasteiger partial charge in [-0.3, -0.25) is 0 Å². The molecule has 0 spiro atoms. The number of hydrogen-bond donors (Lipinski definition) is 0. The molecular formula is C8H15ClO3S. The van der Waals surface area contributed by atoms with Gasteiger partial charge in [0, 0.05) is 17.8 Å². The molecule has 13 heavy (non-hydrogen) atoms. The maximum atomic E-state index is 10.8. The SMILES string of the molecule is COC(CS(=O)(=O)Cl)C1CCCC1. The Labute approximate surface area is 83.8 Å². The number of halogens is 1. The summed E-state index contributed by atoms with van der Waals surface area (Å²) in [5, 5.41) is 0. The smallest absolute Gasteiger partial charge is 0.235 e. The number of ether oxygens (including phenoxy) is 1. The van der Waals surface area contributed by atoms with Crippen LogP contribution in [0.4, 0.5) is 0 Å². The van der Waals surface area contributed by atoms with Gasteiger partial charge in [-0.05, 0) is 18.8 Å². The van der Waals surface area contributed by atoms with Crippen LogP contribution >= 0.6 is 10.7 Å². The van der Waals surface area contributed by atoms with Gasteiger partial charge < -0.3 is 4.74 Å². The molecule has 1 atom stereocenters. The van der Waals surface area contributed by atoms with Crippen LogP contribution in [-0.2, 0) is 13.8 Å². The summed E-state index contributed by atoms with van der Waals surface area (Å²) in [6.07, 6.45) is 4.25. The predicted octanol–water partition coefficient (Wildman–Crippen LogP) is 1.76. The first-order valence-electron chi connectivity index (χ1n) is 4.48. The standard InChI is InChI=1S/C8H15ClO3S/c1-12-8(6-13(9,10)11)7-4-2-3-5-7/h7-8H,2-6H2,1H3. The molecule has 5 heteroatoms. The van der Waals surface area contributed by atoms with Gasteiger partial charge in [0.1, 0.15) is 0 Å². The van der Waals surface area contributed by atoms with Crippen LogP contribution in [-0.4, -0.2) is 27.4 Å². The zero-order valence-electron chi connectivity index (χ0n) is 7.70. The second kappa shape index (κ2) is 4.62. The third-order valence-electron chi connectivity index (χ3n) is 2.59. The van der Waals surface area contributed by atoms with Crippen LogP contribution in [0.15, 0.2) is 0 Å². The van der Waals surface area contributed by atoms with Crippen molar-refractivity contribution in [3.05, 3.63) is 0 Å². The van der Waals surface area contributed by atoms with Gasteiger partial charge in [-0.1, -0.05) is 12.8 Å². The first-order chi connectivity index (χ1) is 6.03. The lowest BCUT2D eigenvalue weighted by Gasteiger charge is -2.19. The fourth-order valence-electron chi connectivity index (χ4n) is 1.92. The highest BCUT2D eigenvalue weighted by molar-refractivity contribution is 8.13. The normalized spacial score (nSPS) is 22.0. The second-order valence-electron chi connectivity index (χ2n) is 3.52. The van der Waals surface area contributed by atoms with Crippen molar-refractivity contribution in [2.75, 3.05) is 12.9 Å². The summed E-state index contributed by atoms with van der Waals surface area (Å²) in [5.74, 6) is 0.314. The van der Waals surface area contributed by atoms with Crippen molar-refractivity contribution in [1.29, 1.82) is 0 Å². The van der Waals surface area contributed by atoms with Crippen LogP contribution < -0.4 is 0 Å². The van der Waals surface area contributed by atoms with E-state index in [4.69, 9.17) is 15.4 Å². The van der Waals surface area contributed by atoms with Crippen molar-refractivity contribution in [1.82, 2.24) is 0 Å². The molecular weight excluding hydrogens is 212 g/mol. The second-order valence-corrected chi connectivity index (χ2v) is 6.35. The van der Waals surface area contributed by atoms with Gasteiger partial charge in [-0.2, -0.15) is 0 Å². The molecule has 0 N–H and O–H groups in total. The summed E-state index contributed by atoms with van der Waals surface area (Å²) in [4.78, 5) is 0. The molecule has 0 aromatic rings. The summed E-state index contributed by atoms with van der Waals surface area (Å²) in [5.41, 5.74) is 0. The van der Waals surface area contributed by atoms with E-state index in [9.17, 15) is 8.42 Å². The Morgan fingerprint density at radius 2 is 2.00 bits per heavy atom. The largest absolute Gasteiger partial charge is 0.380 e. The first kappa shape index (κ1) is 11.3. The van der Waals surface area contributed by atoms with E-state index in [1.165, 1.54) is 12.8 Å². The lowest BCUT2D eigenvalue weighted by molar-refractivity contribution is 0.0721. The minimum Gasteiger partial charge on any atom is -0.380 e. The number of rotatable bonds is 4. The molecule has 1 aliphatic carbocycles. The monoisotopic (exact) mass is 226 g/mol. The van der Waals surface area contributed by atoms with Crippen molar-refractivity contribution in [3.8, 4) is 0 Å². The van der Waals surface area contributed by atoms with Crippen LogP contribution in [0.1, 0.15) is 25.7 Å². The van der Waals surface area contributed by atoms with E-state index in [-0.39, 0.29) is 11.9 Å². The Morgan fingerprint density at radius 1 is 1.46 bits per heavy atom. The van der Waals surface area contributed by atoms with E-state index >= 15 is 0 Å². The quantitative estimate of drug-likeness (QED) is 0.687. The fraction of sp³-hybridized carbons (Fsp3) is 1.00. The van der Waals surface area contributed by atoms with Crippen LogP contribution in [0.2, 0.25) is 0 Å². The molecule has 3 nitrogen and oxygen atoms in total. The third kappa shape index (κ3) is 3.83. The Kier molecular flexibility index (Phi) is 4.01. The van der Waals surface area contributed by atoms with E-state index in [0.717, 1.165) is 12.8 Å². The topological polar surface area (TPSA) is 43.4 Å². The van der Waals surface area contributed by atoms with Gasteiger partial charge in [0.05, 0.1) is 11.9 Å². The van der Waals surface area contributed by atoms with E-state index < -0.39 is 9.05 Å². The molecule has 0 aliphatic heterocycles. The van der Waals surface area contributed by atoms with Gasteiger partial charge in [-0.15, -0.1) is 0 Å². The highest BCUT2D eigenvalue weighted by Crippen LogP contribution is 2.29. The van der Waals surface area contributed by atoms with Crippen molar-refractivity contribution >= 4 is 19.7 Å². The minimum atomic E-state index is -3.43. The molecule has 0 heterocycles. The van der Waals surface area contributed by atoms with Crippen molar-refractivity contribution in [2.45, 2.75) is 31.8 Å². The zero-order chi connectivity index (χ0) is 9.90. The lowest BCUT2D eigenvalue weighted by atomic mass is 10.0. The van der Waals surface area contributed by atoms with Crippen LogP contribution in [0.25, 0.3) is 0 Å². The summed E-state index contributed by atoms with van der Waals surface area (Å²) in [6.45, 7) is 0. The van der Waals surface area contributed by atoms with E-state index in [2.05, 4.69) is 0 Å². The van der Waals surface area contributed by atoms with Crippen molar-refractivity contribution in [3.63, 3.8) is 0 Å². The van der Waals surface area contributed by atoms with E-state index in [0.29, 0.717) is 5.92 Å². The summed E-state index contributed by atoms with van der Waals surface area (Å²) >= 11 is 0. The van der Waals surface area contributed by atoms with Crippen LogP contribution in [0.5, 0.6) is 0 Å². The Balaban J connectivity index is 2.51. The average Bonchev–Trinajstić information content (AvgIpc) is 2.50. The molecule has 0 bridgehead atoms. The molecule has 0 radical (unpaired) electrons. The van der Waals surface area contributed by atoms with Crippen LogP contribution in [0.3, 0.4) is 0 Å². The Bertz CT molecular complexity index is 244. The predicted molar refractivity (Wildman–Crippen MR) is 52.4 cm³/mol. The minimum absolute atomic E-state index is 0.0598. The molecule has 1 rings (SSSR count). The number of hydrogen-bond acceptors (Lipinski definition) is 3. The zero-order valence-corrected chi connectivity index (χ0v) is 9.27. The van der Waals surface area contributed by atoms with Crippen molar-refractivity contribution < 1.29 is 13.2 Å². The molecule has 1 saturated carbocycles. The molecule has 1 unspecified atom stereocenters. The highest BCUT2D eigenvalue weighted by atomic mass is 35.7. The van der Waals surface area contributed by atoms with Gasteiger partial charge in [0.25, 0.3) is 0 Å². The number of methoxy groups -OCH3 is 1. The molecule has 0 aromatic heterocycles. The van der Waals surface area contributed by atoms with Crippen LogP contribution in [0, 0.1) is 5.92 Å². The summed E-state index contributed by atoms with van der Waals surface area (Å²) in [6, 6.07) is 0. The molecule has 0 saturated heterocycles.